The fourth-order valence-electron chi connectivity index (χ4n) is 2.21. The third-order valence-electron chi connectivity index (χ3n) is 3.97. The van der Waals surface area contributed by atoms with Crippen LogP contribution < -0.4 is 5.32 Å². The Hall–Kier alpha value is -0.860. The van der Waals surface area contributed by atoms with Crippen LogP contribution >= 0.6 is 0 Å². The summed E-state index contributed by atoms with van der Waals surface area (Å²) in [5, 5.41) is 3.36. The van der Waals surface area contributed by atoms with E-state index in [0.29, 0.717) is 6.04 Å². The van der Waals surface area contributed by atoms with Gasteiger partial charge in [-0.05, 0) is 43.9 Å². The molecule has 0 aliphatic carbocycles. The number of methoxy groups -OCH3 is 1. The van der Waals surface area contributed by atoms with E-state index in [1.165, 1.54) is 11.1 Å². The molecule has 0 saturated carbocycles. The first-order valence-electron chi connectivity index (χ1n) is 7.02. The van der Waals surface area contributed by atoms with Crippen LogP contribution in [0.1, 0.15) is 45.7 Å². The van der Waals surface area contributed by atoms with Crippen molar-refractivity contribution in [3.05, 3.63) is 35.4 Å². The first-order chi connectivity index (χ1) is 8.70. The summed E-state index contributed by atoms with van der Waals surface area (Å²) in [5.74, 6) is 0. The fourth-order valence-corrected chi connectivity index (χ4v) is 2.21. The van der Waals surface area contributed by atoms with Gasteiger partial charge in [0, 0.05) is 13.2 Å². The zero-order valence-electron chi connectivity index (χ0n) is 13.5. The van der Waals surface area contributed by atoms with Crippen molar-refractivity contribution in [3.8, 4) is 0 Å². The topological polar surface area (TPSA) is 21.3 Å². The number of hydrogen-bond donors (Lipinski definition) is 1. The van der Waals surface area contributed by atoms with Crippen LogP contribution in [0.4, 0.5) is 0 Å². The summed E-state index contributed by atoms with van der Waals surface area (Å²) in [6, 6.07) is 9.25. The smallest absolute Gasteiger partial charge is 0.0778 e. The monoisotopic (exact) mass is 263 g/mol. The van der Waals surface area contributed by atoms with Gasteiger partial charge in [0.15, 0.2) is 0 Å². The molecule has 19 heavy (non-hydrogen) atoms. The highest BCUT2D eigenvalue weighted by molar-refractivity contribution is 5.28. The van der Waals surface area contributed by atoms with Gasteiger partial charge in [-0.2, -0.15) is 0 Å². The number of hydrogen-bond acceptors (Lipinski definition) is 2. The SMILES string of the molecule is CNC(Cc1ccc(C(C)(C)C)cc1)C(C)(C)OC. The highest BCUT2D eigenvalue weighted by Gasteiger charge is 2.28. The van der Waals surface area contributed by atoms with E-state index in [4.69, 9.17) is 4.74 Å². The molecule has 0 aliphatic heterocycles. The first-order valence-corrected chi connectivity index (χ1v) is 7.02. The maximum absolute atomic E-state index is 5.58. The van der Waals surface area contributed by atoms with Crippen LogP contribution in [0.25, 0.3) is 0 Å². The van der Waals surface area contributed by atoms with E-state index < -0.39 is 0 Å². The molecular weight excluding hydrogens is 234 g/mol. The Kier molecular flexibility index (Phi) is 5.17. The molecule has 1 aromatic rings. The van der Waals surface area contributed by atoms with Gasteiger partial charge in [0.25, 0.3) is 0 Å². The molecule has 0 spiro atoms. The summed E-state index contributed by atoms with van der Waals surface area (Å²) in [4.78, 5) is 0. The molecule has 0 aromatic heterocycles. The number of rotatable bonds is 5. The molecule has 108 valence electrons. The Morgan fingerprint density at radius 2 is 1.58 bits per heavy atom. The predicted octanol–water partition coefficient (Wildman–Crippen LogP) is 3.54. The molecule has 1 aromatic carbocycles. The van der Waals surface area contributed by atoms with Gasteiger partial charge in [0.2, 0.25) is 0 Å². The number of ether oxygens (including phenoxy) is 1. The molecule has 1 N–H and O–H groups in total. The van der Waals surface area contributed by atoms with Crippen molar-refractivity contribution in [2.24, 2.45) is 0 Å². The Bertz CT molecular complexity index is 387. The van der Waals surface area contributed by atoms with Gasteiger partial charge in [0.1, 0.15) is 0 Å². The Morgan fingerprint density at radius 3 is 1.95 bits per heavy atom. The molecule has 2 nitrogen and oxygen atoms in total. The van der Waals surface area contributed by atoms with E-state index in [2.05, 4.69) is 64.2 Å². The Balaban J connectivity index is 2.82. The molecule has 0 saturated heterocycles. The molecular formula is C17H29NO. The van der Waals surface area contributed by atoms with Gasteiger partial charge < -0.3 is 10.1 Å². The largest absolute Gasteiger partial charge is 0.377 e. The lowest BCUT2D eigenvalue weighted by Gasteiger charge is -2.33. The maximum Gasteiger partial charge on any atom is 0.0778 e. The molecule has 1 rings (SSSR count). The van der Waals surface area contributed by atoms with Crippen molar-refractivity contribution in [2.45, 2.75) is 58.1 Å². The summed E-state index contributed by atoms with van der Waals surface area (Å²) < 4.78 is 5.58. The molecule has 0 aliphatic rings. The normalized spacial score (nSPS) is 14.5. The molecule has 0 heterocycles. The standard InChI is InChI=1S/C17H29NO/c1-16(2,3)14-10-8-13(9-11-14)12-15(18-6)17(4,5)19-7/h8-11,15,18H,12H2,1-7H3. The van der Waals surface area contributed by atoms with E-state index in [1.54, 1.807) is 7.11 Å². The minimum atomic E-state index is -0.169. The number of likely N-dealkylation sites (N-methyl/N-ethyl adjacent to an activating group) is 1. The third-order valence-corrected chi connectivity index (χ3v) is 3.97. The highest BCUT2D eigenvalue weighted by atomic mass is 16.5. The van der Waals surface area contributed by atoms with Crippen molar-refractivity contribution in [2.75, 3.05) is 14.2 Å². The van der Waals surface area contributed by atoms with Crippen LogP contribution in [0, 0.1) is 0 Å². The van der Waals surface area contributed by atoms with E-state index in [9.17, 15) is 0 Å². The fraction of sp³-hybridized carbons (Fsp3) is 0.647. The molecule has 0 amide bonds. The summed E-state index contributed by atoms with van der Waals surface area (Å²) in [6.07, 6.45) is 0.974. The third kappa shape index (κ3) is 4.32. The molecule has 0 radical (unpaired) electrons. The van der Waals surface area contributed by atoms with Gasteiger partial charge in [0.05, 0.1) is 5.60 Å². The van der Waals surface area contributed by atoms with Gasteiger partial charge in [-0.15, -0.1) is 0 Å². The van der Waals surface area contributed by atoms with E-state index in [-0.39, 0.29) is 11.0 Å². The van der Waals surface area contributed by atoms with Gasteiger partial charge in [-0.1, -0.05) is 45.0 Å². The minimum Gasteiger partial charge on any atom is -0.377 e. The second kappa shape index (κ2) is 6.06. The zero-order chi connectivity index (χ0) is 14.7. The van der Waals surface area contributed by atoms with Crippen LogP contribution in [0.3, 0.4) is 0 Å². The van der Waals surface area contributed by atoms with E-state index in [1.807, 2.05) is 7.05 Å². The van der Waals surface area contributed by atoms with Crippen molar-refractivity contribution >= 4 is 0 Å². The molecule has 1 atom stereocenters. The maximum atomic E-state index is 5.58. The van der Waals surface area contributed by atoms with Crippen LogP contribution in [-0.2, 0) is 16.6 Å². The highest BCUT2D eigenvalue weighted by Crippen LogP contribution is 2.23. The van der Waals surface area contributed by atoms with Crippen molar-refractivity contribution in [1.29, 1.82) is 0 Å². The minimum absolute atomic E-state index is 0.169. The molecule has 2 heteroatoms. The van der Waals surface area contributed by atoms with Crippen LogP contribution in [0.15, 0.2) is 24.3 Å². The van der Waals surface area contributed by atoms with Crippen LogP contribution in [-0.4, -0.2) is 25.8 Å². The van der Waals surface area contributed by atoms with Crippen molar-refractivity contribution in [1.82, 2.24) is 5.32 Å². The second-order valence-corrected chi connectivity index (χ2v) is 6.80. The summed E-state index contributed by atoms with van der Waals surface area (Å²) in [7, 11) is 3.77. The molecule has 0 bridgehead atoms. The average molecular weight is 263 g/mol. The van der Waals surface area contributed by atoms with Crippen LogP contribution in [0.2, 0.25) is 0 Å². The molecule has 0 fully saturated rings. The van der Waals surface area contributed by atoms with Gasteiger partial charge >= 0.3 is 0 Å². The average Bonchev–Trinajstić information content (AvgIpc) is 2.35. The van der Waals surface area contributed by atoms with Crippen molar-refractivity contribution < 1.29 is 4.74 Å². The lowest BCUT2D eigenvalue weighted by Crippen LogP contribution is -2.48. The summed E-state index contributed by atoms with van der Waals surface area (Å²) in [5.41, 5.74) is 2.77. The van der Waals surface area contributed by atoms with Gasteiger partial charge in [-0.3, -0.25) is 0 Å². The van der Waals surface area contributed by atoms with Crippen molar-refractivity contribution in [3.63, 3.8) is 0 Å². The second-order valence-electron chi connectivity index (χ2n) is 6.80. The Morgan fingerprint density at radius 1 is 1.05 bits per heavy atom. The number of nitrogens with one attached hydrogen (secondary N) is 1. The van der Waals surface area contributed by atoms with Crippen LogP contribution in [0.5, 0.6) is 0 Å². The quantitative estimate of drug-likeness (QED) is 0.877. The molecule has 1 unspecified atom stereocenters. The lowest BCUT2D eigenvalue weighted by molar-refractivity contribution is -0.00797. The zero-order valence-corrected chi connectivity index (χ0v) is 13.5. The van der Waals surface area contributed by atoms with E-state index in [0.717, 1.165) is 6.42 Å². The summed E-state index contributed by atoms with van der Waals surface area (Å²) in [6.45, 7) is 11.0. The Labute approximate surface area is 118 Å². The first kappa shape index (κ1) is 16.2. The van der Waals surface area contributed by atoms with E-state index >= 15 is 0 Å². The summed E-state index contributed by atoms with van der Waals surface area (Å²) >= 11 is 0. The number of benzene rings is 1. The predicted molar refractivity (Wildman–Crippen MR) is 82.8 cm³/mol. The lowest BCUT2D eigenvalue weighted by atomic mass is 9.85. The van der Waals surface area contributed by atoms with Gasteiger partial charge in [-0.25, -0.2) is 0 Å².